The molecule has 1 nitrogen and oxygen atoms in total. The molecule has 0 aliphatic heterocycles. The minimum Gasteiger partial charge on any atom is -0.310 e. The highest BCUT2D eigenvalue weighted by Crippen LogP contribution is 2.44. The Hall–Kier alpha value is 0.0500. The maximum atomic E-state index is 6.20. The molecule has 1 unspecified atom stereocenters. The van der Waals surface area contributed by atoms with E-state index in [9.17, 15) is 0 Å². The van der Waals surface area contributed by atoms with Gasteiger partial charge in [-0.25, -0.2) is 0 Å². The topological polar surface area (TPSA) is 12.0 Å². The zero-order valence-corrected chi connectivity index (χ0v) is 12.3. The second-order valence-corrected chi connectivity index (χ2v) is 6.34. The normalized spacial score (nSPS) is 19.1. The Morgan fingerprint density at radius 2 is 1.88 bits per heavy atom. The van der Waals surface area contributed by atoms with Crippen LogP contribution in [0.5, 0.6) is 0 Å². The molecular formula is C13H16Cl3N. The Kier molecular flexibility index (Phi) is 3.94. The SMILES string of the molecule is CC(NCC1(C)CC1)c1ccc(Cl)c(Cl)c1Cl. The van der Waals surface area contributed by atoms with Gasteiger partial charge in [-0.3, -0.25) is 0 Å². The van der Waals surface area contributed by atoms with Crippen molar-refractivity contribution in [3.8, 4) is 0 Å². The van der Waals surface area contributed by atoms with Crippen molar-refractivity contribution >= 4 is 34.8 Å². The molecule has 1 aromatic carbocycles. The number of rotatable bonds is 4. The minimum absolute atomic E-state index is 0.190. The molecule has 0 aromatic heterocycles. The molecule has 1 atom stereocenters. The van der Waals surface area contributed by atoms with Crippen molar-refractivity contribution in [2.75, 3.05) is 6.54 Å². The third-order valence-corrected chi connectivity index (χ3v) is 4.78. The van der Waals surface area contributed by atoms with Gasteiger partial charge >= 0.3 is 0 Å². The lowest BCUT2D eigenvalue weighted by molar-refractivity contribution is 0.457. The molecule has 0 radical (unpaired) electrons. The summed E-state index contributed by atoms with van der Waals surface area (Å²) < 4.78 is 0. The Morgan fingerprint density at radius 1 is 1.24 bits per heavy atom. The Labute approximate surface area is 117 Å². The van der Waals surface area contributed by atoms with Gasteiger partial charge in [0.25, 0.3) is 0 Å². The van der Waals surface area contributed by atoms with Gasteiger partial charge in [-0.2, -0.15) is 0 Å². The summed E-state index contributed by atoms with van der Waals surface area (Å²) in [6.07, 6.45) is 2.61. The standard InChI is InChI=1S/C13H16Cl3N/c1-8(17-7-13(2)5-6-13)9-3-4-10(14)12(16)11(9)15/h3-4,8,17H,5-7H2,1-2H3. The van der Waals surface area contributed by atoms with Crippen LogP contribution < -0.4 is 5.32 Å². The maximum Gasteiger partial charge on any atom is 0.0781 e. The summed E-state index contributed by atoms with van der Waals surface area (Å²) in [6, 6.07) is 3.92. The van der Waals surface area contributed by atoms with Crippen molar-refractivity contribution in [3.63, 3.8) is 0 Å². The highest BCUT2D eigenvalue weighted by Gasteiger charge is 2.37. The van der Waals surface area contributed by atoms with E-state index in [2.05, 4.69) is 19.2 Å². The van der Waals surface area contributed by atoms with Crippen molar-refractivity contribution in [2.45, 2.75) is 32.7 Å². The van der Waals surface area contributed by atoms with Crippen LogP contribution in [0.1, 0.15) is 38.3 Å². The van der Waals surface area contributed by atoms with Crippen molar-refractivity contribution in [3.05, 3.63) is 32.8 Å². The summed E-state index contributed by atoms with van der Waals surface area (Å²) in [5.74, 6) is 0. The summed E-state index contributed by atoms with van der Waals surface area (Å²) >= 11 is 18.2. The molecule has 1 aromatic rings. The van der Waals surface area contributed by atoms with Crippen LogP contribution in [0.4, 0.5) is 0 Å². The fourth-order valence-corrected chi connectivity index (χ4v) is 2.48. The third kappa shape index (κ3) is 3.08. The maximum absolute atomic E-state index is 6.20. The monoisotopic (exact) mass is 291 g/mol. The molecule has 17 heavy (non-hydrogen) atoms. The second kappa shape index (κ2) is 4.97. The Bertz CT molecular complexity index is 427. The van der Waals surface area contributed by atoms with Crippen LogP contribution in [0.15, 0.2) is 12.1 Å². The third-order valence-electron chi connectivity index (χ3n) is 3.47. The average Bonchev–Trinajstić information content (AvgIpc) is 3.02. The lowest BCUT2D eigenvalue weighted by Crippen LogP contribution is -2.25. The van der Waals surface area contributed by atoms with Crippen molar-refractivity contribution in [1.29, 1.82) is 0 Å². The molecule has 1 fully saturated rings. The largest absolute Gasteiger partial charge is 0.310 e. The van der Waals surface area contributed by atoms with Crippen LogP contribution in [0.25, 0.3) is 0 Å². The first kappa shape index (κ1) is 13.5. The van der Waals surface area contributed by atoms with E-state index in [1.54, 1.807) is 6.07 Å². The zero-order valence-electron chi connectivity index (χ0n) is 9.99. The lowest BCUT2D eigenvalue weighted by atomic mass is 10.1. The quantitative estimate of drug-likeness (QED) is 0.762. The molecule has 1 saturated carbocycles. The van der Waals surface area contributed by atoms with Gasteiger partial charge in [0.2, 0.25) is 0 Å². The fraction of sp³-hybridized carbons (Fsp3) is 0.538. The summed E-state index contributed by atoms with van der Waals surface area (Å²) in [5, 5.41) is 5.00. The molecule has 0 heterocycles. The molecule has 1 aliphatic carbocycles. The van der Waals surface area contributed by atoms with E-state index in [1.165, 1.54) is 12.8 Å². The van der Waals surface area contributed by atoms with Crippen molar-refractivity contribution < 1.29 is 0 Å². The van der Waals surface area contributed by atoms with Crippen LogP contribution in [0.2, 0.25) is 15.1 Å². The van der Waals surface area contributed by atoms with E-state index < -0.39 is 0 Å². The van der Waals surface area contributed by atoms with E-state index in [0.717, 1.165) is 12.1 Å². The molecule has 0 amide bonds. The summed E-state index contributed by atoms with van der Waals surface area (Å²) in [6.45, 7) is 5.41. The van der Waals surface area contributed by atoms with Crippen LogP contribution in [-0.2, 0) is 0 Å². The summed E-state index contributed by atoms with van der Waals surface area (Å²) in [4.78, 5) is 0. The molecule has 0 bridgehead atoms. The Balaban J connectivity index is 2.08. The molecule has 2 rings (SSSR count). The van der Waals surface area contributed by atoms with Gasteiger partial charge in [-0.1, -0.05) is 47.8 Å². The van der Waals surface area contributed by atoms with Crippen LogP contribution in [0, 0.1) is 5.41 Å². The zero-order chi connectivity index (χ0) is 12.6. The molecule has 1 N–H and O–H groups in total. The predicted octanol–water partition coefficient (Wildman–Crippen LogP) is 5.10. The van der Waals surface area contributed by atoms with Gasteiger partial charge in [0.1, 0.15) is 0 Å². The smallest absolute Gasteiger partial charge is 0.0781 e. The van der Waals surface area contributed by atoms with Crippen molar-refractivity contribution in [1.82, 2.24) is 5.32 Å². The van der Waals surface area contributed by atoms with Crippen LogP contribution >= 0.6 is 34.8 Å². The summed E-state index contributed by atoms with van der Waals surface area (Å²) in [5.41, 5.74) is 1.49. The number of hydrogen-bond donors (Lipinski definition) is 1. The number of hydrogen-bond acceptors (Lipinski definition) is 1. The van der Waals surface area contributed by atoms with E-state index in [1.807, 2.05) is 6.07 Å². The number of halogens is 3. The van der Waals surface area contributed by atoms with Crippen molar-refractivity contribution in [2.24, 2.45) is 5.41 Å². The average molecular weight is 293 g/mol. The second-order valence-electron chi connectivity index (χ2n) is 5.18. The van der Waals surface area contributed by atoms with Gasteiger partial charge in [0.15, 0.2) is 0 Å². The van der Waals surface area contributed by atoms with E-state index in [-0.39, 0.29) is 6.04 Å². The number of nitrogens with one attached hydrogen (secondary N) is 1. The lowest BCUT2D eigenvalue weighted by Gasteiger charge is -2.19. The predicted molar refractivity (Wildman–Crippen MR) is 75.2 cm³/mol. The first-order chi connectivity index (χ1) is 7.93. The van der Waals surface area contributed by atoms with Gasteiger partial charge < -0.3 is 5.32 Å². The fourth-order valence-electron chi connectivity index (χ4n) is 1.77. The van der Waals surface area contributed by atoms with Gasteiger partial charge in [-0.05, 0) is 36.8 Å². The van der Waals surface area contributed by atoms with Gasteiger partial charge in [0, 0.05) is 12.6 Å². The highest BCUT2D eigenvalue weighted by atomic mass is 35.5. The molecular weight excluding hydrogens is 277 g/mol. The van der Waals surface area contributed by atoms with E-state index >= 15 is 0 Å². The Morgan fingerprint density at radius 3 is 2.47 bits per heavy atom. The molecule has 4 heteroatoms. The van der Waals surface area contributed by atoms with Gasteiger partial charge in [-0.15, -0.1) is 0 Å². The first-order valence-corrected chi connectivity index (χ1v) is 6.93. The molecule has 0 spiro atoms. The molecule has 0 saturated heterocycles. The summed E-state index contributed by atoms with van der Waals surface area (Å²) in [7, 11) is 0. The minimum atomic E-state index is 0.190. The molecule has 94 valence electrons. The highest BCUT2D eigenvalue weighted by molar-refractivity contribution is 6.48. The molecule has 1 aliphatic rings. The van der Waals surface area contributed by atoms with Gasteiger partial charge in [0.05, 0.1) is 15.1 Å². The van der Waals surface area contributed by atoms with E-state index in [4.69, 9.17) is 34.8 Å². The van der Waals surface area contributed by atoms with E-state index in [0.29, 0.717) is 20.5 Å². The van der Waals surface area contributed by atoms with Crippen LogP contribution in [0.3, 0.4) is 0 Å². The van der Waals surface area contributed by atoms with Crippen LogP contribution in [-0.4, -0.2) is 6.54 Å². The first-order valence-electron chi connectivity index (χ1n) is 5.80. The number of benzene rings is 1.